The lowest BCUT2D eigenvalue weighted by Crippen LogP contribution is -2.37. The molecule has 0 aliphatic heterocycles. The number of anilines is 1. The zero-order chi connectivity index (χ0) is 12.8. The first-order valence-electron chi connectivity index (χ1n) is 6.96. The van der Waals surface area contributed by atoms with Gasteiger partial charge in [0.2, 0.25) is 0 Å². The summed E-state index contributed by atoms with van der Waals surface area (Å²) in [5.41, 5.74) is 0.683. The van der Waals surface area contributed by atoms with Crippen LogP contribution in [-0.4, -0.2) is 26.2 Å². The average molecular weight is 250 g/mol. The molecule has 1 N–H and O–H groups in total. The van der Waals surface area contributed by atoms with Crippen LogP contribution in [0, 0.1) is 5.82 Å². The molecule has 1 aromatic carbocycles. The normalized spacial score (nSPS) is 16.8. The standard InChI is InChI=1S/C15H23FN2/c1-18(15-10-6-5-9-14(15)16)12-11-17-13-7-3-2-4-8-13/h5-6,9-10,13,17H,2-4,7-8,11-12H2,1H3. The zero-order valence-corrected chi connectivity index (χ0v) is 11.2. The van der Waals surface area contributed by atoms with E-state index in [9.17, 15) is 4.39 Å². The molecule has 0 radical (unpaired) electrons. The summed E-state index contributed by atoms with van der Waals surface area (Å²) in [5.74, 6) is -0.141. The van der Waals surface area contributed by atoms with Gasteiger partial charge < -0.3 is 10.2 Å². The maximum absolute atomic E-state index is 13.6. The number of benzene rings is 1. The van der Waals surface area contributed by atoms with Crippen molar-refractivity contribution in [3.05, 3.63) is 30.1 Å². The second-order valence-electron chi connectivity index (χ2n) is 5.16. The van der Waals surface area contributed by atoms with Gasteiger partial charge in [-0.05, 0) is 25.0 Å². The van der Waals surface area contributed by atoms with Crippen LogP contribution in [0.3, 0.4) is 0 Å². The van der Waals surface area contributed by atoms with Gasteiger partial charge in [-0.1, -0.05) is 31.4 Å². The first kappa shape index (κ1) is 13.3. The summed E-state index contributed by atoms with van der Waals surface area (Å²) < 4.78 is 13.6. The number of likely N-dealkylation sites (N-methyl/N-ethyl adjacent to an activating group) is 1. The van der Waals surface area contributed by atoms with Crippen LogP contribution in [0.1, 0.15) is 32.1 Å². The third kappa shape index (κ3) is 3.70. The summed E-state index contributed by atoms with van der Waals surface area (Å²) in [6.45, 7) is 1.77. The maximum atomic E-state index is 13.6. The molecule has 0 spiro atoms. The highest BCUT2D eigenvalue weighted by molar-refractivity contribution is 5.46. The molecule has 0 heterocycles. The fourth-order valence-electron chi connectivity index (χ4n) is 2.62. The van der Waals surface area contributed by atoms with Gasteiger partial charge in [0.05, 0.1) is 5.69 Å². The minimum Gasteiger partial charge on any atom is -0.371 e. The topological polar surface area (TPSA) is 15.3 Å². The van der Waals surface area contributed by atoms with Crippen LogP contribution < -0.4 is 10.2 Å². The Bertz CT molecular complexity index is 361. The number of hydrogen-bond acceptors (Lipinski definition) is 2. The van der Waals surface area contributed by atoms with Crippen molar-refractivity contribution in [1.82, 2.24) is 5.32 Å². The van der Waals surface area contributed by atoms with E-state index in [4.69, 9.17) is 0 Å². The average Bonchev–Trinajstić information content (AvgIpc) is 2.40. The minimum atomic E-state index is -0.141. The van der Waals surface area contributed by atoms with E-state index in [1.165, 1.54) is 38.2 Å². The predicted molar refractivity (Wildman–Crippen MR) is 74.5 cm³/mol. The highest BCUT2D eigenvalue weighted by atomic mass is 19.1. The summed E-state index contributed by atoms with van der Waals surface area (Å²) in [6, 6.07) is 7.63. The van der Waals surface area contributed by atoms with Gasteiger partial charge in [-0.15, -0.1) is 0 Å². The molecule has 3 heteroatoms. The first-order chi connectivity index (χ1) is 8.77. The molecular weight excluding hydrogens is 227 g/mol. The summed E-state index contributed by atoms with van der Waals surface area (Å²) in [5, 5.41) is 3.58. The van der Waals surface area contributed by atoms with Crippen molar-refractivity contribution in [2.24, 2.45) is 0 Å². The summed E-state index contributed by atoms with van der Waals surface area (Å²) >= 11 is 0. The Morgan fingerprint density at radius 1 is 1.22 bits per heavy atom. The lowest BCUT2D eigenvalue weighted by Gasteiger charge is -2.25. The number of rotatable bonds is 5. The van der Waals surface area contributed by atoms with Gasteiger partial charge in [0.25, 0.3) is 0 Å². The molecule has 1 aromatic rings. The molecular formula is C15H23FN2. The van der Waals surface area contributed by atoms with Crippen LogP contribution in [0.15, 0.2) is 24.3 Å². The Kier molecular flexibility index (Phi) is 5.00. The van der Waals surface area contributed by atoms with Crippen LogP contribution in [0.25, 0.3) is 0 Å². The van der Waals surface area contributed by atoms with Gasteiger partial charge in [-0.2, -0.15) is 0 Å². The Balaban J connectivity index is 1.74. The van der Waals surface area contributed by atoms with Crippen molar-refractivity contribution in [2.45, 2.75) is 38.1 Å². The molecule has 2 rings (SSSR count). The van der Waals surface area contributed by atoms with E-state index < -0.39 is 0 Å². The van der Waals surface area contributed by atoms with Gasteiger partial charge in [0, 0.05) is 26.2 Å². The van der Waals surface area contributed by atoms with Crippen LogP contribution in [0.2, 0.25) is 0 Å². The van der Waals surface area contributed by atoms with Crippen LogP contribution in [-0.2, 0) is 0 Å². The van der Waals surface area contributed by atoms with E-state index in [0.717, 1.165) is 13.1 Å². The lowest BCUT2D eigenvalue weighted by molar-refractivity contribution is 0.376. The molecule has 100 valence electrons. The number of halogens is 1. The van der Waals surface area contributed by atoms with Crippen LogP contribution in [0.5, 0.6) is 0 Å². The van der Waals surface area contributed by atoms with Crippen molar-refractivity contribution in [3.8, 4) is 0 Å². The minimum absolute atomic E-state index is 0.141. The molecule has 1 saturated carbocycles. The molecule has 0 bridgehead atoms. The number of nitrogens with zero attached hydrogens (tertiary/aromatic N) is 1. The Morgan fingerprint density at radius 3 is 2.67 bits per heavy atom. The molecule has 1 aliphatic carbocycles. The van der Waals surface area contributed by atoms with E-state index in [1.54, 1.807) is 6.07 Å². The highest BCUT2D eigenvalue weighted by Gasteiger charge is 2.12. The number of nitrogens with one attached hydrogen (secondary N) is 1. The van der Waals surface area contributed by atoms with Gasteiger partial charge in [0.15, 0.2) is 0 Å². The van der Waals surface area contributed by atoms with Gasteiger partial charge in [-0.3, -0.25) is 0 Å². The van der Waals surface area contributed by atoms with E-state index in [0.29, 0.717) is 11.7 Å². The highest BCUT2D eigenvalue weighted by Crippen LogP contribution is 2.18. The second-order valence-corrected chi connectivity index (χ2v) is 5.16. The Hall–Kier alpha value is -1.09. The molecule has 0 unspecified atom stereocenters. The summed E-state index contributed by atoms with van der Waals surface area (Å²) in [4.78, 5) is 1.98. The fourth-order valence-corrected chi connectivity index (χ4v) is 2.62. The molecule has 0 atom stereocenters. The maximum Gasteiger partial charge on any atom is 0.146 e. The molecule has 0 saturated heterocycles. The largest absolute Gasteiger partial charge is 0.371 e. The van der Waals surface area contributed by atoms with Gasteiger partial charge in [0.1, 0.15) is 5.82 Å². The van der Waals surface area contributed by atoms with E-state index in [-0.39, 0.29) is 5.82 Å². The first-order valence-corrected chi connectivity index (χ1v) is 6.96. The number of para-hydroxylation sites is 1. The van der Waals surface area contributed by atoms with E-state index >= 15 is 0 Å². The monoisotopic (exact) mass is 250 g/mol. The summed E-state index contributed by atoms with van der Waals surface area (Å²) in [7, 11) is 1.95. The van der Waals surface area contributed by atoms with Crippen molar-refractivity contribution in [3.63, 3.8) is 0 Å². The SMILES string of the molecule is CN(CCNC1CCCCC1)c1ccccc1F. The molecule has 2 nitrogen and oxygen atoms in total. The van der Waals surface area contributed by atoms with Crippen LogP contribution in [0.4, 0.5) is 10.1 Å². The zero-order valence-electron chi connectivity index (χ0n) is 11.2. The fraction of sp³-hybridized carbons (Fsp3) is 0.600. The summed E-state index contributed by atoms with van der Waals surface area (Å²) in [6.07, 6.45) is 6.67. The quantitative estimate of drug-likeness (QED) is 0.863. The van der Waals surface area contributed by atoms with Gasteiger partial charge >= 0.3 is 0 Å². The van der Waals surface area contributed by atoms with E-state index in [2.05, 4.69) is 5.32 Å². The van der Waals surface area contributed by atoms with Gasteiger partial charge in [-0.25, -0.2) is 4.39 Å². The van der Waals surface area contributed by atoms with Crippen molar-refractivity contribution < 1.29 is 4.39 Å². The third-order valence-electron chi connectivity index (χ3n) is 3.75. The predicted octanol–water partition coefficient (Wildman–Crippen LogP) is 3.18. The molecule has 0 aromatic heterocycles. The van der Waals surface area contributed by atoms with Crippen LogP contribution >= 0.6 is 0 Å². The molecule has 0 amide bonds. The smallest absolute Gasteiger partial charge is 0.146 e. The lowest BCUT2D eigenvalue weighted by atomic mass is 9.95. The molecule has 1 aliphatic rings. The van der Waals surface area contributed by atoms with E-state index in [1.807, 2.05) is 24.1 Å². The van der Waals surface area contributed by atoms with Crippen molar-refractivity contribution >= 4 is 5.69 Å². The number of hydrogen-bond donors (Lipinski definition) is 1. The van der Waals surface area contributed by atoms with Crippen molar-refractivity contribution in [1.29, 1.82) is 0 Å². The Labute approximate surface area is 109 Å². The van der Waals surface area contributed by atoms with Crippen molar-refractivity contribution in [2.75, 3.05) is 25.0 Å². The molecule has 18 heavy (non-hydrogen) atoms. The second kappa shape index (κ2) is 6.74. The Morgan fingerprint density at radius 2 is 1.94 bits per heavy atom. The third-order valence-corrected chi connectivity index (χ3v) is 3.75. The molecule has 1 fully saturated rings.